The number of rotatable bonds is 6. The minimum atomic E-state index is -0.0885. The van der Waals surface area contributed by atoms with E-state index in [2.05, 4.69) is 5.43 Å². The molecule has 1 aliphatic carbocycles. The van der Waals surface area contributed by atoms with Gasteiger partial charge in [0.1, 0.15) is 0 Å². The minimum Gasteiger partial charge on any atom is -0.378 e. The zero-order valence-corrected chi connectivity index (χ0v) is 10.0. The Balaban J connectivity index is 1.95. The summed E-state index contributed by atoms with van der Waals surface area (Å²) in [5.41, 5.74) is 2.13. The van der Waals surface area contributed by atoms with Crippen molar-refractivity contribution in [2.24, 2.45) is 5.84 Å². The lowest BCUT2D eigenvalue weighted by Gasteiger charge is -2.14. The summed E-state index contributed by atoms with van der Waals surface area (Å²) in [7, 11) is 0. The number of nitrogens with one attached hydrogen (secondary N) is 1. The third-order valence-corrected chi connectivity index (χ3v) is 3.11. The van der Waals surface area contributed by atoms with E-state index in [1.54, 1.807) is 0 Å². The molecule has 0 heterocycles. The molecule has 0 unspecified atom stereocenters. The van der Waals surface area contributed by atoms with Gasteiger partial charge in [0, 0.05) is 13.0 Å². The first-order valence-electron chi connectivity index (χ1n) is 6.44. The highest BCUT2D eigenvalue weighted by Gasteiger charge is 2.11. The highest BCUT2D eigenvalue weighted by Crippen LogP contribution is 2.19. The fourth-order valence-corrected chi connectivity index (χ4v) is 2.12. The second kappa shape index (κ2) is 8.53. The molecule has 94 valence electrons. The molecule has 4 heteroatoms. The van der Waals surface area contributed by atoms with Crippen molar-refractivity contribution in [1.82, 2.24) is 5.43 Å². The summed E-state index contributed by atoms with van der Waals surface area (Å²) in [6.07, 6.45) is 10.5. The number of hydrogen-bond acceptors (Lipinski definition) is 3. The predicted molar refractivity (Wildman–Crippen MR) is 63.6 cm³/mol. The van der Waals surface area contributed by atoms with Crippen LogP contribution in [0.2, 0.25) is 0 Å². The van der Waals surface area contributed by atoms with Gasteiger partial charge in [-0.3, -0.25) is 10.2 Å². The van der Waals surface area contributed by atoms with Crippen molar-refractivity contribution in [2.75, 3.05) is 6.61 Å². The van der Waals surface area contributed by atoms with Gasteiger partial charge in [0.2, 0.25) is 5.91 Å². The Bertz CT molecular complexity index is 189. The van der Waals surface area contributed by atoms with Crippen LogP contribution in [0, 0.1) is 0 Å². The lowest BCUT2D eigenvalue weighted by Crippen LogP contribution is -2.29. The van der Waals surface area contributed by atoms with Crippen LogP contribution >= 0.6 is 0 Å². The summed E-state index contributed by atoms with van der Waals surface area (Å²) < 4.78 is 5.82. The van der Waals surface area contributed by atoms with Gasteiger partial charge in [-0.2, -0.15) is 0 Å². The van der Waals surface area contributed by atoms with Crippen LogP contribution in [0.15, 0.2) is 0 Å². The average molecular weight is 228 g/mol. The molecule has 3 N–H and O–H groups in total. The van der Waals surface area contributed by atoms with Crippen LogP contribution in [0.25, 0.3) is 0 Å². The lowest BCUT2D eigenvalue weighted by atomic mass is 10.1. The number of ether oxygens (including phenoxy) is 1. The van der Waals surface area contributed by atoms with E-state index in [1.165, 1.54) is 38.5 Å². The molecule has 4 nitrogen and oxygen atoms in total. The summed E-state index contributed by atoms with van der Waals surface area (Å²) in [4.78, 5) is 10.8. The van der Waals surface area contributed by atoms with Crippen LogP contribution in [0.5, 0.6) is 0 Å². The Hall–Kier alpha value is -0.610. The summed E-state index contributed by atoms with van der Waals surface area (Å²) >= 11 is 0. The highest BCUT2D eigenvalue weighted by atomic mass is 16.5. The Morgan fingerprint density at radius 2 is 1.88 bits per heavy atom. The monoisotopic (exact) mass is 228 g/mol. The number of carbonyl (C=O) groups excluding carboxylic acids is 1. The van der Waals surface area contributed by atoms with Crippen molar-refractivity contribution in [3.8, 4) is 0 Å². The van der Waals surface area contributed by atoms with Crippen molar-refractivity contribution in [3.63, 3.8) is 0 Å². The first kappa shape index (κ1) is 13.5. The molecule has 0 saturated heterocycles. The molecule has 0 aromatic heterocycles. The van der Waals surface area contributed by atoms with Crippen LogP contribution in [-0.2, 0) is 9.53 Å². The number of unbranched alkanes of at least 4 members (excludes halogenated alkanes) is 1. The van der Waals surface area contributed by atoms with Gasteiger partial charge >= 0.3 is 0 Å². The van der Waals surface area contributed by atoms with E-state index in [9.17, 15) is 4.79 Å². The zero-order chi connectivity index (χ0) is 11.6. The molecule has 1 aliphatic rings. The van der Waals surface area contributed by atoms with Crippen LogP contribution in [0.4, 0.5) is 0 Å². The molecule has 0 atom stereocenters. The summed E-state index contributed by atoms with van der Waals surface area (Å²) in [6, 6.07) is 0. The van der Waals surface area contributed by atoms with Gasteiger partial charge in [-0.25, -0.2) is 5.84 Å². The van der Waals surface area contributed by atoms with Gasteiger partial charge in [-0.1, -0.05) is 25.7 Å². The SMILES string of the molecule is NNC(=O)CCCCOC1CCCCCC1. The Kier molecular flexibility index (Phi) is 7.17. The topological polar surface area (TPSA) is 64.3 Å². The van der Waals surface area contributed by atoms with E-state index in [0.717, 1.165) is 19.4 Å². The first-order chi connectivity index (χ1) is 7.83. The van der Waals surface area contributed by atoms with Crippen LogP contribution in [-0.4, -0.2) is 18.6 Å². The number of hydrogen-bond donors (Lipinski definition) is 2. The standard InChI is InChI=1S/C12H24N2O2/c13-14-12(15)9-5-6-10-16-11-7-3-1-2-4-8-11/h11H,1-10,13H2,(H,14,15). The van der Waals surface area contributed by atoms with E-state index in [0.29, 0.717) is 12.5 Å². The van der Waals surface area contributed by atoms with Crippen molar-refractivity contribution in [3.05, 3.63) is 0 Å². The minimum absolute atomic E-state index is 0.0885. The molecule has 0 bridgehead atoms. The van der Waals surface area contributed by atoms with Crippen LogP contribution < -0.4 is 11.3 Å². The van der Waals surface area contributed by atoms with Gasteiger partial charge in [-0.15, -0.1) is 0 Å². The molecular formula is C12H24N2O2. The van der Waals surface area contributed by atoms with Crippen LogP contribution in [0.3, 0.4) is 0 Å². The molecular weight excluding hydrogens is 204 g/mol. The summed E-state index contributed by atoms with van der Waals surface area (Å²) in [5, 5.41) is 0. The van der Waals surface area contributed by atoms with Gasteiger partial charge in [0.15, 0.2) is 0 Å². The van der Waals surface area contributed by atoms with Crippen molar-refractivity contribution >= 4 is 5.91 Å². The van der Waals surface area contributed by atoms with Crippen molar-refractivity contribution < 1.29 is 9.53 Å². The average Bonchev–Trinajstić information content (AvgIpc) is 2.57. The second-order valence-electron chi connectivity index (χ2n) is 4.51. The number of hydrazine groups is 1. The molecule has 0 aliphatic heterocycles. The fourth-order valence-electron chi connectivity index (χ4n) is 2.12. The number of carbonyl (C=O) groups is 1. The number of nitrogens with two attached hydrogens (primary N) is 1. The molecule has 0 aromatic carbocycles. The molecule has 1 rings (SSSR count). The maximum atomic E-state index is 10.8. The van der Waals surface area contributed by atoms with Gasteiger partial charge < -0.3 is 4.74 Å². The Morgan fingerprint density at radius 1 is 1.19 bits per heavy atom. The van der Waals surface area contributed by atoms with E-state index in [4.69, 9.17) is 10.6 Å². The van der Waals surface area contributed by atoms with Crippen molar-refractivity contribution in [1.29, 1.82) is 0 Å². The van der Waals surface area contributed by atoms with E-state index in [1.807, 2.05) is 0 Å². The normalized spacial score (nSPS) is 18.1. The molecule has 1 fully saturated rings. The smallest absolute Gasteiger partial charge is 0.233 e. The largest absolute Gasteiger partial charge is 0.378 e. The maximum absolute atomic E-state index is 10.8. The lowest BCUT2D eigenvalue weighted by molar-refractivity contribution is -0.121. The number of amides is 1. The molecule has 0 radical (unpaired) electrons. The van der Waals surface area contributed by atoms with E-state index < -0.39 is 0 Å². The molecule has 0 aromatic rings. The molecule has 1 saturated carbocycles. The highest BCUT2D eigenvalue weighted by molar-refractivity contribution is 5.74. The zero-order valence-electron chi connectivity index (χ0n) is 10.0. The first-order valence-corrected chi connectivity index (χ1v) is 6.44. The predicted octanol–water partition coefficient (Wildman–Crippen LogP) is 1.89. The fraction of sp³-hybridized carbons (Fsp3) is 0.917. The Morgan fingerprint density at radius 3 is 2.50 bits per heavy atom. The van der Waals surface area contributed by atoms with E-state index >= 15 is 0 Å². The van der Waals surface area contributed by atoms with Gasteiger partial charge in [0.05, 0.1) is 6.10 Å². The van der Waals surface area contributed by atoms with Crippen molar-refractivity contribution in [2.45, 2.75) is 63.9 Å². The van der Waals surface area contributed by atoms with Gasteiger partial charge in [0.25, 0.3) is 0 Å². The second-order valence-corrected chi connectivity index (χ2v) is 4.51. The molecule has 0 spiro atoms. The van der Waals surface area contributed by atoms with Gasteiger partial charge in [-0.05, 0) is 25.7 Å². The Labute approximate surface area is 97.9 Å². The summed E-state index contributed by atoms with van der Waals surface area (Å²) in [6.45, 7) is 0.780. The maximum Gasteiger partial charge on any atom is 0.233 e. The molecule has 1 amide bonds. The summed E-state index contributed by atoms with van der Waals surface area (Å²) in [5.74, 6) is 4.90. The van der Waals surface area contributed by atoms with Crippen LogP contribution in [0.1, 0.15) is 57.8 Å². The molecule has 16 heavy (non-hydrogen) atoms. The quantitative estimate of drug-likeness (QED) is 0.240. The third-order valence-electron chi connectivity index (χ3n) is 3.11. The third kappa shape index (κ3) is 6.08. The van der Waals surface area contributed by atoms with E-state index in [-0.39, 0.29) is 5.91 Å².